The predicted molar refractivity (Wildman–Crippen MR) is 77.9 cm³/mol. The molecule has 98 valence electrons. The number of rotatable bonds is 4. The summed E-state index contributed by atoms with van der Waals surface area (Å²) in [5.74, 6) is 0.798. The Morgan fingerprint density at radius 1 is 1.21 bits per heavy atom. The summed E-state index contributed by atoms with van der Waals surface area (Å²) in [7, 11) is 1.62. The molecular weight excluding hydrogens is 330 g/mol. The van der Waals surface area contributed by atoms with Gasteiger partial charge in [0, 0.05) is 26.4 Å². The molecule has 0 radical (unpaired) electrons. The van der Waals surface area contributed by atoms with E-state index in [0.717, 1.165) is 15.5 Å². The number of hydrogen-bond donors (Lipinski definition) is 0. The number of nitrogens with zero attached hydrogens (tertiary/aromatic N) is 1. The molecular formula is C13H10BrNO3S. The molecule has 0 fully saturated rings. The molecule has 0 aliphatic carbocycles. The molecule has 0 saturated heterocycles. The molecule has 0 saturated carbocycles. The molecule has 0 heterocycles. The number of hydrogen-bond acceptors (Lipinski definition) is 4. The van der Waals surface area contributed by atoms with Crippen molar-refractivity contribution in [2.24, 2.45) is 0 Å². The van der Waals surface area contributed by atoms with Gasteiger partial charge in [-0.1, -0.05) is 11.8 Å². The molecule has 0 aliphatic rings. The minimum Gasteiger partial charge on any atom is -0.497 e. The molecule has 0 aromatic heterocycles. The summed E-state index contributed by atoms with van der Waals surface area (Å²) < 4.78 is 5.80. The van der Waals surface area contributed by atoms with Crippen molar-refractivity contribution in [2.45, 2.75) is 9.79 Å². The van der Waals surface area contributed by atoms with Crippen LogP contribution in [0.15, 0.2) is 56.7 Å². The van der Waals surface area contributed by atoms with E-state index in [1.165, 1.54) is 23.9 Å². The van der Waals surface area contributed by atoms with E-state index < -0.39 is 4.92 Å². The molecule has 0 aliphatic heterocycles. The number of benzene rings is 2. The highest BCUT2D eigenvalue weighted by atomic mass is 79.9. The molecule has 0 spiro atoms. The zero-order valence-corrected chi connectivity index (χ0v) is 12.4. The van der Waals surface area contributed by atoms with Crippen molar-refractivity contribution in [1.29, 1.82) is 0 Å². The first-order chi connectivity index (χ1) is 9.10. The SMILES string of the molecule is COc1ccc(Sc2ccc([N+](=O)[O-])cc2Br)cc1. The molecule has 2 aromatic carbocycles. The summed E-state index contributed by atoms with van der Waals surface area (Å²) in [5, 5.41) is 10.7. The lowest BCUT2D eigenvalue weighted by atomic mass is 10.3. The Hall–Kier alpha value is -1.53. The smallest absolute Gasteiger partial charge is 0.270 e. The standard InChI is InChI=1S/C13H10BrNO3S/c1-18-10-3-5-11(6-4-10)19-13-7-2-9(15(16)17)8-12(13)14/h2-8H,1H3. The minimum atomic E-state index is -0.410. The fourth-order valence-corrected chi connectivity index (χ4v) is 2.88. The van der Waals surface area contributed by atoms with Gasteiger partial charge >= 0.3 is 0 Å². The van der Waals surface area contributed by atoms with Gasteiger partial charge in [-0.2, -0.15) is 0 Å². The van der Waals surface area contributed by atoms with Gasteiger partial charge in [-0.05, 0) is 46.3 Å². The Balaban J connectivity index is 2.20. The van der Waals surface area contributed by atoms with Gasteiger partial charge < -0.3 is 4.74 Å². The maximum Gasteiger partial charge on any atom is 0.270 e. The average molecular weight is 340 g/mol. The molecule has 0 amide bonds. The highest BCUT2D eigenvalue weighted by Crippen LogP contribution is 2.35. The second kappa shape index (κ2) is 6.08. The van der Waals surface area contributed by atoms with E-state index >= 15 is 0 Å². The zero-order chi connectivity index (χ0) is 13.8. The number of halogens is 1. The maximum absolute atomic E-state index is 10.7. The quantitative estimate of drug-likeness (QED) is 0.607. The molecule has 6 heteroatoms. The summed E-state index contributed by atoms with van der Waals surface area (Å²) in [4.78, 5) is 12.2. The monoisotopic (exact) mass is 339 g/mol. The van der Waals surface area contributed by atoms with E-state index in [0.29, 0.717) is 4.47 Å². The van der Waals surface area contributed by atoms with Crippen molar-refractivity contribution in [3.05, 3.63) is 57.1 Å². The fraction of sp³-hybridized carbons (Fsp3) is 0.0769. The van der Waals surface area contributed by atoms with Crippen LogP contribution >= 0.6 is 27.7 Å². The predicted octanol–water partition coefficient (Wildman–Crippen LogP) is 4.52. The third kappa shape index (κ3) is 3.48. The van der Waals surface area contributed by atoms with E-state index in [1.54, 1.807) is 13.2 Å². The lowest BCUT2D eigenvalue weighted by Gasteiger charge is -2.05. The molecule has 0 unspecified atom stereocenters. The number of non-ortho nitro benzene ring substituents is 1. The van der Waals surface area contributed by atoms with Crippen molar-refractivity contribution in [1.82, 2.24) is 0 Å². The Morgan fingerprint density at radius 2 is 1.89 bits per heavy atom. The normalized spacial score (nSPS) is 10.2. The molecule has 2 aromatic rings. The van der Waals surface area contributed by atoms with Crippen LogP contribution < -0.4 is 4.74 Å². The van der Waals surface area contributed by atoms with Crippen LogP contribution in [0, 0.1) is 10.1 Å². The molecule has 0 atom stereocenters. The zero-order valence-electron chi connectivity index (χ0n) is 10.00. The largest absolute Gasteiger partial charge is 0.497 e. The van der Waals surface area contributed by atoms with Crippen LogP contribution in [0.25, 0.3) is 0 Å². The summed E-state index contributed by atoms with van der Waals surface area (Å²) in [6.45, 7) is 0. The Bertz CT molecular complexity index is 601. The summed E-state index contributed by atoms with van der Waals surface area (Å²) in [5.41, 5.74) is 0.0750. The fourth-order valence-electron chi connectivity index (χ4n) is 1.46. The topological polar surface area (TPSA) is 52.4 Å². The second-order valence-electron chi connectivity index (χ2n) is 3.65. The first-order valence-electron chi connectivity index (χ1n) is 5.36. The summed E-state index contributed by atoms with van der Waals surface area (Å²) in [6, 6.07) is 12.4. The van der Waals surface area contributed by atoms with Gasteiger partial charge in [0.15, 0.2) is 0 Å². The van der Waals surface area contributed by atoms with Crippen LogP contribution in [-0.2, 0) is 0 Å². The van der Waals surface area contributed by atoms with E-state index in [4.69, 9.17) is 4.74 Å². The highest BCUT2D eigenvalue weighted by molar-refractivity contribution is 9.10. The second-order valence-corrected chi connectivity index (χ2v) is 5.62. The summed E-state index contributed by atoms with van der Waals surface area (Å²) in [6.07, 6.45) is 0. The Labute approximate surface area is 123 Å². The molecule has 0 N–H and O–H groups in total. The van der Waals surface area contributed by atoms with Crippen molar-refractivity contribution >= 4 is 33.4 Å². The first kappa shape index (κ1) is 13.9. The van der Waals surface area contributed by atoms with Crippen LogP contribution in [-0.4, -0.2) is 12.0 Å². The van der Waals surface area contributed by atoms with Crippen LogP contribution in [0.3, 0.4) is 0 Å². The van der Waals surface area contributed by atoms with Crippen LogP contribution in [0.1, 0.15) is 0 Å². The summed E-state index contributed by atoms with van der Waals surface area (Å²) >= 11 is 4.88. The number of methoxy groups -OCH3 is 1. The number of nitro groups is 1. The van der Waals surface area contributed by atoms with Gasteiger partial charge in [-0.3, -0.25) is 10.1 Å². The number of nitro benzene ring substituents is 1. The van der Waals surface area contributed by atoms with Crippen molar-refractivity contribution in [3.8, 4) is 5.75 Å². The molecule has 4 nitrogen and oxygen atoms in total. The van der Waals surface area contributed by atoms with Gasteiger partial charge in [0.1, 0.15) is 5.75 Å². The molecule has 2 rings (SSSR count). The van der Waals surface area contributed by atoms with Crippen LogP contribution in [0.4, 0.5) is 5.69 Å². The lowest BCUT2D eigenvalue weighted by Crippen LogP contribution is -1.88. The molecule has 0 bridgehead atoms. The minimum absolute atomic E-state index is 0.0750. The third-order valence-corrected chi connectivity index (χ3v) is 4.42. The number of ether oxygens (including phenoxy) is 1. The highest BCUT2D eigenvalue weighted by Gasteiger charge is 2.10. The van der Waals surface area contributed by atoms with E-state index in [1.807, 2.05) is 24.3 Å². The lowest BCUT2D eigenvalue weighted by molar-refractivity contribution is -0.385. The van der Waals surface area contributed by atoms with Crippen LogP contribution in [0.5, 0.6) is 5.75 Å². The Kier molecular flexibility index (Phi) is 4.44. The van der Waals surface area contributed by atoms with Gasteiger partial charge in [0.2, 0.25) is 0 Å². The van der Waals surface area contributed by atoms with Crippen molar-refractivity contribution in [2.75, 3.05) is 7.11 Å². The van der Waals surface area contributed by atoms with Gasteiger partial charge in [-0.25, -0.2) is 0 Å². The Morgan fingerprint density at radius 3 is 2.42 bits per heavy atom. The van der Waals surface area contributed by atoms with E-state index in [-0.39, 0.29) is 5.69 Å². The third-order valence-electron chi connectivity index (χ3n) is 2.41. The van der Waals surface area contributed by atoms with Gasteiger partial charge in [0.25, 0.3) is 5.69 Å². The first-order valence-corrected chi connectivity index (χ1v) is 6.97. The van der Waals surface area contributed by atoms with Gasteiger partial charge in [-0.15, -0.1) is 0 Å². The van der Waals surface area contributed by atoms with E-state index in [2.05, 4.69) is 15.9 Å². The van der Waals surface area contributed by atoms with E-state index in [9.17, 15) is 10.1 Å². The average Bonchev–Trinajstić information content (AvgIpc) is 2.41. The van der Waals surface area contributed by atoms with Crippen LogP contribution in [0.2, 0.25) is 0 Å². The maximum atomic E-state index is 10.7. The van der Waals surface area contributed by atoms with Crippen molar-refractivity contribution in [3.63, 3.8) is 0 Å². The molecule has 19 heavy (non-hydrogen) atoms. The van der Waals surface area contributed by atoms with Gasteiger partial charge in [0.05, 0.1) is 12.0 Å². The van der Waals surface area contributed by atoms with Crippen molar-refractivity contribution < 1.29 is 9.66 Å².